The van der Waals surface area contributed by atoms with E-state index < -0.39 is 22.0 Å². The van der Waals surface area contributed by atoms with Crippen molar-refractivity contribution in [1.29, 1.82) is 0 Å². The van der Waals surface area contributed by atoms with E-state index in [0.717, 1.165) is 4.31 Å². The molecular weight excluding hydrogens is 412 g/mol. The first-order chi connectivity index (χ1) is 14.2. The first-order valence-corrected chi connectivity index (χ1v) is 10.7. The number of aromatic nitrogens is 3. The van der Waals surface area contributed by atoms with Crippen molar-refractivity contribution in [3.8, 4) is 0 Å². The molecule has 1 unspecified atom stereocenters. The Morgan fingerprint density at radius 1 is 1.10 bits per heavy atom. The third-order valence-electron chi connectivity index (χ3n) is 4.65. The Morgan fingerprint density at radius 2 is 1.73 bits per heavy atom. The van der Waals surface area contributed by atoms with E-state index in [1.807, 2.05) is 0 Å². The molecular formula is C18H22N6O5S. The molecule has 1 aliphatic heterocycles. The lowest BCUT2D eigenvalue weighted by Crippen LogP contribution is -2.48. The van der Waals surface area contributed by atoms with E-state index in [-0.39, 0.29) is 41.6 Å². The molecule has 0 aliphatic carbocycles. The first kappa shape index (κ1) is 21.6. The molecule has 1 fully saturated rings. The van der Waals surface area contributed by atoms with Crippen LogP contribution in [0.4, 0.5) is 11.9 Å². The predicted octanol–water partition coefficient (Wildman–Crippen LogP) is 0.525. The molecule has 12 heteroatoms. The Hall–Kier alpha value is -3.12. The maximum absolute atomic E-state index is 13.1. The number of sulfonamides is 1. The molecule has 4 N–H and O–H groups in total. The van der Waals surface area contributed by atoms with Gasteiger partial charge in [0.25, 0.3) is 0 Å². The largest absolute Gasteiger partial charge is 0.456 e. The van der Waals surface area contributed by atoms with Gasteiger partial charge in [-0.05, 0) is 38.3 Å². The zero-order valence-corrected chi connectivity index (χ0v) is 17.1. The minimum Gasteiger partial charge on any atom is -0.456 e. The molecule has 0 spiro atoms. The second kappa shape index (κ2) is 8.71. The molecule has 1 saturated heterocycles. The maximum atomic E-state index is 13.1. The summed E-state index contributed by atoms with van der Waals surface area (Å²) >= 11 is 0. The SMILES string of the molecule is CC(=O)c1ccc(S(=O)(=O)N2CCCCC2C(=O)OCc2nc(N)nc(N)n2)cc1. The molecule has 3 rings (SSSR count). The number of hydrogen-bond donors (Lipinski definition) is 2. The average Bonchev–Trinajstić information content (AvgIpc) is 2.71. The second-order valence-corrected chi connectivity index (χ2v) is 8.67. The van der Waals surface area contributed by atoms with Gasteiger partial charge in [-0.15, -0.1) is 0 Å². The number of anilines is 2. The molecule has 1 aromatic carbocycles. The molecule has 0 radical (unpaired) electrons. The lowest BCUT2D eigenvalue weighted by atomic mass is 10.1. The Morgan fingerprint density at radius 3 is 2.33 bits per heavy atom. The van der Waals surface area contributed by atoms with Crippen LogP contribution in [0, 0.1) is 0 Å². The fourth-order valence-electron chi connectivity index (χ4n) is 3.18. The van der Waals surface area contributed by atoms with Crippen molar-refractivity contribution in [3.05, 3.63) is 35.7 Å². The van der Waals surface area contributed by atoms with Crippen LogP contribution >= 0.6 is 0 Å². The van der Waals surface area contributed by atoms with Crippen molar-refractivity contribution >= 4 is 33.7 Å². The Balaban J connectivity index is 1.77. The number of benzene rings is 1. The molecule has 11 nitrogen and oxygen atoms in total. The summed E-state index contributed by atoms with van der Waals surface area (Å²) in [5.74, 6) is -1.03. The summed E-state index contributed by atoms with van der Waals surface area (Å²) in [6.45, 7) is 1.27. The van der Waals surface area contributed by atoms with Crippen molar-refractivity contribution in [2.24, 2.45) is 0 Å². The number of nitrogen functional groups attached to an aromatic ring is 2. The lowest BCUT2D eigenvalue weighted by Gasteiger charge is -2.33. The van der Waals surface area contributed by atoms with Crippen molar-refractivity contribution < 1.29 is 22.7 Å². The van der Waals surface area contributed by atoms with Crippen LogP contribution in [0.5, 0.6) is 0 Å². The minimum absolute atomic E-state index is 0.00483. The third kappa shape index (κ3) is 4.71. The molecule has 2 heterocycles. The molecule has 0 saturated carbocycles. The summed E-state index contributed by atoms with van der Waals surface area (Å²) in [7, 11) is -3.96. The van der Waals surface area contributed by atoms with E-state index >= 15 is 0 Å². The van der Waals surface area contributed by atoms with Crippen LogP contribution in [-0.2, 0) is 26.2 Å². The Kier molecular flexibility index (Phi) is 6.27. The highest BCUT2D eigenvalue weighted by Gasteiger charge is 2.38. The third-order valence-corrected chi connectivity index (χ3v) is 6.58. The quantitative estimate of drug-likeness (QED) is 0.482. The Labute approximate surface area is 173 Å². The van der Waals surface area contributed by atoms with Gasteiger partial charge < -0.3 is 16.2 Å². The van der Waals surface area contributed by atoms with Gasteiger partial charge in [0.1, 0.15) is 6.04 Å². The highest BCUT2D eigenvalue weighted by atomic mass is 32.2. The van der Waals surface area contributed by atoms with Gasteiger partial charge in [-0.3, -0.25) is 9.59 Å². The maximum Gasteiger partial charge on any atom is 0.324 e. The fourth-order valence-corrected chi connectivity index (χ4v) is 4.83. The number of ether oxygens (including phenoxy) is 1. The van der Waals surface area contributed by atoms with Crippen LogP contribution in [0.1, 0.15) is 42.4 Å². The second-order valence-electron chi connectivity index (χ2n) is 6.78. The number of ketones is 1. The zero-order valence-electron chi connectivity index (χ0n) is 16.3. The van der Waals surface area contributed by atoms with Gasteiger partial charge in [-0.2, -0.15) is 19.3 Å². The zero-order chi connectivity index (χ0) is 21.9. The van der Waals surface area contributed by atoms with Gasteiger partial charge in [-0.1, -0.05) is 12.1 Å². The van der Waals surface area contributed by atoms with E-state index in [9.17, 15) is 18.0 Å². The smallest absolute Gasteiger partial charge is 0.324 e. The highest BCUT2D eigenvalue weighted by molar-refractivity contribution is 7.89. The molecule has 160 valence electrons. The van der Waals surface area contributed by atoms with Crippen molar-refractivity contribution in [2.45, 2.75) is 43.7 Å². The predicted molar refractivity (Wildman–Crippen MR) is 106 cm³/mol. The summed E-state index contributed by atoms with van der Waals surface area (Å²) < 4.78 is 32.6. The van der Waals surface area contributed by atoms with Gasteiger partial charge in [0, 0.05) is 12.1 Å². The summed E-state index contributed by atoms with van der Waals surface area (Å²) in [4.78, 5) is 35.4. The van der Waals surface area contributed by atoms with Crippen molar-refractivity contribution in [2.75, 3.05) is 18.0 Å². The van der Waals surface area contributed by atoms with E-state index in [4.69, 9.17) is 16.2 Å². The van der Waals surface area contributed by atoms with E-state index in [0.29, 0.717) is 24.8 Å². The van der Waals surface area contributed by atoms with Crippen LogP contribution in [0.3, 0.4) is 0 Å². The number of hydrogen-bond acceptors (Lipinski definition) is 10. The number of rotatable bonds is 6. The van der Waals surface area contributed by atoms with E-state index in [1.54, 1.807) is 0 Å². The van der Waals surface area contributed by atoms with E-state index in [2.05, 4.69) is 15.0 Å². The van der Waals surface area contributed by atoms with Gasteiger partial charge in [0.2, 0.25) is 21.9 Å². The first-order valence-electron chi connectivity index (χ1n) is 9.24. The van der Waals surface area contributed by atoms with Crippen molar-refractivity contribution in [3.63, 3.8) is 0 Å². The van der Waals surface area contributed by atoms with Crippen molar-refractivity contribution in [1.82, 2.24) is 19.3 Å². The number of nitrogens with two attached hydrogens (primary N) is 2. The molecule has 2 aromatic rings. The van der Waals surface area contributed by atoms with Crippen LogP contribution in [0.15, 0.2) is 29.2 Å². The normalized spacial score (nSPS) is 17.4. The topological polar surface area (TPSA) is 171 Å². The average molecular weight is 434 g/mol. The number of nitrogens with zero attached hydrogens (tertiary/aromatic N) is 4. The minimum atomic E-state index is -3.96. The lowest BCUT2D eigenvalue weighted by molar-refractivity contribution is -0.150. The van der Waals surface area contributed by atoms with Crippen LogP contribution < -0.4 is 11.5 Å². The standard InChI is InChI=1S/C18H22N6O5S/c1-11(25)12-5-7-13(8-6-12)30(27,28)24-9-3-2-4-14(24)16(26)29-10-15-21-17(19)23-18(20)22-15/h5-8,14H,2-4,9-10H2,1H3,(H4,19,20,21,22,23). The van der Waals surface area contributed by atoms with Crippen LogP contribution in [0.25, 0.3) is 0 Å². The van der Waals surface area contributed by atoms with Gasteiger partial charge in [-0.25, -0.2) is 8.42 Å². The van der Waals surface area contributed by atoms with Gasteiger partial charge >= 0.3 is 5.97 Å². The molecule has 0 bridgehead atoms. The summed E-state index contributed by atoms with van der Waals surface area (Å²) in [5.41, 5.74) is 11.4. The summed E-state index contributed by atoms with van der Waals surface area (Å²) in [6.07, 6.45) is 1.63. The summed E-state index contributed by atoms with van der Waals surface area (Å²) in [5, 5.41) is 0. The number of carbonyl (C=O) groups excluding carboxylic acids is 2. The molecule has 1 aliphatic rings. The van der Waals surface area contributed by atoms with Gasteiger partial charge in [0.15, 0.2) is 18.2 Å². The fraction of sp³-hybridized carbons (Fsp3) is 0.389. The monoisotopic (exact) mass is 434 g/mol. The van der Waals surface area contributed by atoms with Gasteiger partial charge in [0.05, 0.1) is 4.90 Å². The van der Waals surface area contributed by atoms with Crippen LogP contribution in [-0.4, -0.2) is 52.0 Å². The number of carbonyl (C=O) groups is 2. The molecule has 30 heavy (non-hydrogen) atoms. The van der Waals surface area contributed by atoms with E-state index in [1.165, 1.54) is 31.2 Å². The molecule has 1 aromatic heterocycles. The summed E-state index contributed by atoms with van der Waals surface area (Å²) in [6, 6.07) is 4.64. The molecule has 0 amide bonds. The highest BCUT2D eigenvalue weighted by Crippen LogP contribution is 2.26. The molecule has 1 atom stereocenters. The van der Waals surface area contributed by atoms with Crippen LogP contribution in [0.2, 0.25) is 0 Å². The number of esters is 1. The number of piperidine rings is 1. The Bertz CT molecular complexity index is 1040. The number of Topliss-reactive ketones (excluding diaryl/α,β-unsaturated/α-hetero) is 1.